The monoisotopic (exact) mass is 444 g/mol. The van der Waals surface area contributed by atoms with Crippen molar-refractivity contribution < 1.29 is 4.79 Å². The van der Waals surface area contributed by atoms with E-state index in [1.54, 1.807) is 11.9 Å². The summed E-state index contributed by atoms with van der Waals surface area (Å²) >= 11 is 0. The van der Waals surface area contributed by atoms with Gasteiger partial charge in [0.2, 0.25) is 5.91 Å². The summed E-state index contributed by atoms with van der Waals surface area (Å²) in [4.78, 5) is 18.6. The van der Waals surface area contributed by atoms with E-state index in [0.29, 0.717) is 6.54 Å². The quantitative estimate of drug-likeness (QED) is 0.417. The molecule has 0 aliphatic heterocycles. The Morgan fingerprint density at radius 3 is 2.33 bits per heavy atom. The molecule has 1 aromatic rings. The van der Waals surface area contributed by atoms with Gasteiger partial charge in [0.1, 0.15) is 0 Å². The smallest absolute Gasteiger partial charge is 0.230 e. The van der Waals surface area contributed by atoms with Gasteiger partial charge in [0, 0.05) is 34.2 Å². The molecule has 0 aromatic heterocycles. The predicted octanol–water partition coefficient (Wildman–Crippen LogP) is 2.62. The van der Waals surface area contributed by atoms with Crippen LogP contribution in [-0.4, -0.2) is 44.5 Å². The standard InChI is InChI=1S/C18H28N4O.HI/c1-19-17(20-13-15-9-5-4-6-10-15)21-14-18(11-7-8-12-18)16(23)22(2)3;/h4-6,9-10H,7-8,11-14H2,1-3H3,(H2,19,20,21);1H. The van der Waals surface area contributed by atoms with Crippen molar-refractivity contribution in [2.45, 2.75) is 32.2 Å². The first-order valence-electron chi connectivity index (χ1n) is 8.27. The summed E-state index contributed by atoms with van der Waals surface area (Å²) in [5.41, 5.74) is 0.920. The lowest BCUT2D eigenvalue weighted by Crippen LogP contribution is -2.49. The number of rotatable bonds is 5. The van der Waals surface area contributed by atoms with Crippen LogP contribution in [0, 0.1) is 5.41 Å². The summed E-state index contributed by atoms with van der Waals surface area (Å²) < 4.78 is 0. The number of halogens is 1. The fourth-order valence-electron chi connectivity index (χ4n) is 3.25. The minimum Gasteiger partial charge on any atom is -0.355 e. The van der Waals surface area contributed by atoms with Gasteiger partial charge in [-0.15, -0.1) is 24.0 Å². The van der Waals surface area contributed by atoms with Crippen LogP contribution < -0.4 is 10.6 Å². The second kappa shape index (κ2) is 9.86. The van der Waals surface area contributed by atoms with Gasteiger partial charge in [0.05, 0.1) is 5.41 Å². The van der Waals surface area contributed by atoms with E-state index in [0.717, 1.165) is 38.2 Å². The molecule has 1 fully saturated rings. The van der Waals surface area contributed by atoms with E-state index in [2.05, 4.69) is 27.8 Å². The topological polar surface area (TPSA) is 56.7 Å². The lowest BCUT2D eigenvalue weighted by molar-refractivity contribution is -0.138. The molecular formula is C18H29IN4O. The second-order valence-electron chi connectivity index (χ2n) is 6.45. The van der Waals surface area contributed by atoms with Gasteiger partial charge in [0.15, 0.2) is 5.96 Å². The average molecular weight is 444 g/mol. The van der Waals surface area contributed by atoms with Crippen LogP contribution in [0.15, 0.2) is 35.3 Å². The van der Waals surface area contributed by atoms with Crippen molar-refractivity contribution in [2.24, 2.45) is 10.4 Å². The second-order valence-corrected chi connectivity index (χ2v) is 6.45. The Balaban J connectivity index is 0.00000288. The van der Waals surface area contributed by atoms with E-state index >= 15 is 0 Å². The lowest BCUT2D eigenvalue weighted by atomic mass is 9.84. The number of guanidine groups is 1. The molecule has 0 heterocycles. The predicted molar refractivity (Wildman–Crippen MR) is 110 cm³/mol. The molecule has 1 saturated carbocycles. The van der Waals surface area contributed by atoms with Crippen molar-refractivity contribution in [3.05, 3.63) is 35.9 Å². The van der Waals surface area contributed by atoms with Crippen molar-refractivity contribution in [1.82, 2.24) is 15.5 Å². The van der Waals surface area contributed by atoms with E-state index in [-0.39, 0.29) is 35.3 Å². The van der Waals surface area contributed by atoms with Gasteiger partial charge in [-0.1, -0.05) is 43.2 Å². The summed E-state index contributed by atoms with van der Waals surface area (Å²) in [6.45, 7) is 1.35. The molecule has 0 unspecified atom stereocenters. The SMILES string of the molecule is CN=C(NCc1ccccc1)NCC1(C(=O)N(C)C)CCCC1.I. The van der Waals surface area contributed by atoms with Crippen LogP contribution in [0.2, 0.25) is 0 Å². The van der Waals surface area contributed by atoms with E-state index < -0.39 is 0 Å². The van der Waals surface area contributed by atoms with Crippen molar-refractivity contribution in [2.75, 3.05) is 27.7 Å². The molecule has 0 spiro atoms. The highest BCUT2D eigenvalue weighted by molar-refractivity contribution is 14.0. The first kappa shape index (κ1) is 20.7. The van der Waals surface area contributed by atoms with Crippen LogP contribution in [0.4, 0.5) is 0 Å². The molecule has 1 aromatic carbocycles. The third-order valence-electron chi connectivity index (χ3n) is 4.54. The summed E-state index contributed by atoms with van der Waals surface area (Å²) in [5, 5.41) is 6.66. The van der Waals surface area contributed by atoms with Crippen LogP contribution in [0.5, 0.6) is 0 Å². The number of nitrogens with one attached hydrogen (secondary N) is 2. The van der Waals surface area contributed by atoms with Gasteiger partial charge in [-0.3, -0.25) is 9.79 Å². The Bertz CT molecular complexity index is 539. The number of nitrogens with zero attached hydrogens (tertiary/aromatic N) is 2. The van der Waals surface area contributed by atoms with Crippen molar-refractivity contribution >= 4 is 35.8 Å². The van der Waals surface area contributed by atoms with Crippen LogP contribution in [-0.2, 0) is 11.3 Å². The molecule has 6 heteroatoms. The van der Waals surface area contributed by atoms with E-state index in [4.69, 9.17) is 0 Å². The fraction of sp³-hybridized carbons (Fsp3) is 0.556. The van der Waals surface area contributed by atoms with Crippen molar-refractivity contribution in [3.63, 3.8) is 0 Å². The first-order valence-corrected chi connectivity index (χ1v) is 8.27. The van der Waals surface area contributed by atoms with E-state index in [9.17, 15) is 4.79 Å². The zero-order valence-corrected chi connectivity index (χ0v) is 17.2. The maximum absolute atomic E-state index is 12.6. The maximum Gasteiger partial charge on any atom is 0.230 e. The van der Waals surface area contributed by atoms with Gasteiger partial charge in [-0.2, -0.15) is 0 Å². The molecule has 0 bridgehead atoms. The molecule has 1 amide bonds. The normalized spacial score (nSPS) is 16.2. The third-order valence-corrected chi connectivity index (χ3v) is 4.54. The fourth-order valence-corrected chi connectivity index (χ4v) is 3.25. The van der Waals surface area contributed by atoms with Gasteiger partial charge >= 0.3 is 0 Å². The minimum atomic E-state index is -0.284. The molecular weight excluding hydrogens is 415 g/mol. The molecule has 1 aliphatic rings. The Morgan fingerprint density at radius 1 is 1.17 bits per heavy atom. The molecule has 2 N–H and O–H groups in total. The molecule has 0 saturated heterocycles. The highest BCUT2D eigenvalue weighted by Gasteiger charge is 2.42. The summed E-state index contributed by atoms with van der Waals surface area (Å²) in [6, 6.07) is 10.2. The minimum absolute atomic E-state index is 0. The Hall–Kier alpha value is -1.31. The van der Waals surface area contributed by atoms with Gasteiger partial charge in [0.25, 0.3) is 0 Å². The third kappa shape index (κ3) is 5.36. The average Bonchev–Trinajstić information content (AvgIpc) is 3.05. The number of hydrogen-bond acceptors (Lipinski definition) is 2. The lowest BCUT2D eigenvalue weighted by Gasteiger charge is -2.31. The molecule has 134 valence electrons. The Morgan fingerprint density at radius 2 is 1.79 bits per heavy atom. The highest BCUT2D eigenvalue weighted by atomic mass is 127. The molecule has 0 radical (unpaired) electrons. The number of carbonyl (C=O) groups is 1. The summed E-state index contributed by atoms with van der Waals surface area (Å²) in [7, 11) is 5.44. The zero-order valence-electron chi connectivity index (χ0n) is 14.8. The number of amides is 1. The number of hydrogen-bond donors (Lipinski definition) is 2. The maximum atomic E-state index is 12.6. The van der Waals surface area contributed by atoms with Gasteiger partial charge in [-0.05, 0) is 18.4 Å². The molecule has 2 rings (SSSR count). The number of carbonyl (C=O) groups excluding carboxylic acids is 1. The van der Waals surface area contributed by atoms with E-state index in [1.165, 1.54) is 5.56 Å². The van der Waals surface area contributed by atoms with Gasteiger partial charge < -0.3 is 15.5 Å². The molecule has 5 nitrogen and oxygen atoms in total. The zero-order chi connectivity index (χ0) is 16.7. The number of benzene rings is 1. The van der Waals surface area contributed by atoms with Crippen LogP contribution >= 0.6 is 24.0 Å². The van der Waals surface area contributed by atoms with Crippen LogP contribution in [0.25, 0.3) is 0 Å². The molecule has 0 atom stereocenters. The van der Waals surface area contributed by atoms with Crippen LogP contribution in [0.1, 0.15) is 31.2 Å². The summed E-state index contributed by atoms with van der Waals surface area (Å²) in [6.07, 6.45) is 4.15. The number of aliphatic imine (C=N–C) groups is 1. The Labute approximate surface area is 162 Å². The van der Waals surface area contributed by atoms with Crippen LogP contribution in [0.3, 0.4) is 0 Å². The largest absolute Gasteiger partial charge is 0.355 e. The van der Waals surface area contributed by atoms with Crippen molar-refractivity contribution in [1.29, 1.82) is 0 Å². The molecule has 1 aliphatic carbocycles. The highest BCUT2D eigenvalue weighted by Crippen LogP contribution is 2.38. The van der Waals surface area contributed by atoms with Gasteiger partial charge in [-0.25, -0.2) is 0 Å². The summed E-state index contributed by atoms with van der Waals surface area (Å²) in [5.74, 6) is 0.965. The van der Waals surface area contributed by atoms with Crippen molar-refractivity contribution in [3.8, 4) is 0 Å². The Kier molecular flexibility index (Phi) is 8.52. The van der Waals surface area contributed by atoms with E-state index in [1.807, 2.05) is 32.3 Å². The molecule has 24 heavy (non-hydrogen) atoms. The first-order chi connectivity index (χ1) is 11.1.